The van der Waals surface area contributed by atoms with Gasteiger partial charge in [-0.3, -0.25) is 0 Å². The Morgan fingerprint density at radius 1 is 1.16 bits per heavy atom. The molecule has 0 amide bonds. The zero-order valence-corrected chi connectivity index (χ0v) is 12.0. The Balaban J connectivity index is 2.43. The van der Waals surface area contributed by atoms with E-state index in [1.54, 1.807) is 0 Å². The molecule has 3 nitrogen and oxygen atoms in total. The van der Waals surface area contributed by atoms with Gasteiger partial charge in [0.1, 0.15) is 5.82 Å². The van der Waals surface area contributed by atoms with Gasteiger partial charge in [-0.15, -0.1) is 0 Å². The molecule has 0 aliphatic carbocycles. The van der Waals surface area contributed by atoms with Gasteiger partial charge in [-0.2, -0.15) is 0 Å². The Kier molecular flexibility index (Phi) is 4.38. The summed E-state index contributed by atoms with van der Waals surface area (Å²) in [4.78, 5) is 8.11. The summed E-state index contributed by atoms with van der Waals surface area (Å²) >= 11 is 0. The van der Waals surface area contributed by atoms with Crippen LogP contribution in [0.25, 0.3) is 0 Å². The van der Waals surface area contributed by atoms with E-state index in [-0.39, 0.29) is 5.41 Å². The van der Waals surface area contributed by atoms with Gasteiger partial charge in [0.2, 0.25) is 0 Å². The van der Waals surface area contributed by atoms with Gasteiger partial charge in [-0.25, -0.2) is 4.98 Å². The number of aromatic nitrogens is 2. The molecule has 0 spiro atoms. The number of rotatable bonds is 6. The van der Waals surface area contributed by atoms with Crippen LogP contribution in [0.5, 0.6) is 0 Å². The molecular weight excluding hydrogens is 234 g/mol. The summed E-state index contributed by atoms with van der Waals surface area (Å²) in [5.41, 5.74) is 2.47. The van der Waals surface area contributed by atoms with E-state index in [1.807, 2.05) is 13.2 Å². The maximum Gasteiger partial charge on any atom is 0.116 e. The van der Waals surface area contributed by atoms with E-state index in [4.69, 9.17) is 0 Å². The van der Waals surface area contributed by atoms with Gasteiger partial charge in [-0.1, -0.05) is 44.2 Å². The van der Waals surface area contributed by atoms with E-state index in [2.05, 4.69) is 59.5 Å². The van der Waals surface area contributed by atoms with E-state index in [0.29, 0.717) is 0 Å². The molecule has 3 heteroatoms. The molecule has 2 aromatic rings. The molecule has 0 saturated carbocycles. The Morgan fingerprint density at radius 3 is 2.42 bits per heavy atom. The second kappa shape index (κ2) is 6.02. The van der Waals surface area contributed by atoms with Crippen LogP contribution >= 0.6 is 0 Å². The monoisotopic (exact) mass is 257 g/mol. The van der Waals surface area contributed by atoms with Crippen LogP contribution in [0.4, 0.5) is 0 Å². The maximum atomic E-state index is 4.63. The normalized spacial score (nSPS) is 11.7. The molecule has 0 bridgehead atoms. The fourth-order valence-corrected chi connectivity index (χ4v) is 2.77. The number of hydrogen-bond acceptors (Lipinski definition) is 2. The minimum atomic E-state index is -0.00670. The van der Waals surface area contributed by atoms with E-state index >= 15 is 0 Å². The third kappa shape index (κ3) is 2.56. The summed E-state index contributed by atoms with van der Waals surface area (Å²) in [5, 5.41) is 3.15. The van der Waals surface area contributed by atoms with Crippen molar-refractivity contribution in [3.63, 3.8) is 0 Å². The van der Waals surface area contributed by atoms with Gasteiger partial charge in [0, 0.05) is 18.4 Å². The highest BCUT2D eigenvalue weighted by atomic mass is 15.0. The van der Waals surface area contributed by atoms with Crippen molar-refractivity contribution < 1.29 is 0 Å². The van der Waals surface area contributed by atoms with E-state index in [0.717, 1.165) is 30.9 Å². The molecule has 0 radical (unpaired) electrons. The quantitative estimate of drug-likeness (QED) is 0.834. The average Bonchev–Trinajstić information content (AvgIpc) is 2.92. The van der Waals surface area contributed by atoms with E-state index < -0.39 is 0 Å². The lowest BCUT2D eigenvalue weighted by Gasteiger charge is -2.30. The first-order chi connectivity index (χ1) is 9.26. The number of imidazole rings is 1. The lowest BCUT2D eigenvalue weighted by atomic mass is 9.75. The van der Waals surface area contributed by atoms with Crippen LogP contribution in [0.2, 0.25) is 0 Å². The summed E-state index contributed by atoms with van der Waals surface area (Å²) in [5.74, 6) is 1.08. The molecule has 1 aromatic heterocycles. The molecule has 1 aromatic carbocycles. The van der Waals surface area contributed by atoms with Crippen LogP contribution in [0.3, 0.4) is 0 Å². The highest BCUT2D eigenvalue weighted by molar-refractivity contribution is 5.33. The van der Waals surface area contributed by atoms with Crippen molar-refractivity contribution in [2.45, 2.75) is 38.6 Å². The second-order valence-electron chi connectivity index (χ2n) is 4.94. The number of hydrogen-bond donors (Lipinski definition) is 2. The van der Waals surface area contributed by atoms with Crippen LogP contribution in [0, 0.1) is 0 Å². The maximum absolute atomic E-state index is 4.63. The predicted octanol–water partition coefficient (Wildman–Crippen LogP) is 3.24. The average molecular weight is 257 g/mol. The highest BCUT2D eigenvalue weighted by Crippen LogP contribution is 2.36. The third-order valence-corrected chi connectivity index (χ3v) is 3.98. The van der Waals surface area contributed by atoms with Crippen molar-refractivity contribution in [1.82, 2.24) is 15.3 Å². The van der Waals surface area contributed by atoms with Gasteiger partial charge < -0.3 is 10.3 Å². The lowest BCUT2D eigenvalue weighted by Crippen LogP contribution is -2.27. The van der Waals surface area contributed by atoms with E-state index in [9.17, 15) is 0 Å². The van der Waals surface area contributed by atoms with Gasteiger partial charge in [-0.05, 0) is 25.5 Å². The molecule has 19 heavy (non-hydrogen) atoms. The summed E-state index contributed by atoms with van der Waals surface area (Å²) in [6, 6.07) is 10.7. The standard InChI is InChI=1S/C16H23N3/c1-4-16(5-2,13-9-7-6-8-10-13)15-18-12-14(19-15)11-17-3/h6-10,12,17H,4-5,11H2,1-3H3,(H,18,19). The number of H-pyrrole nitrogens is 1. The van der Waals surface area contributed by atoms with Crippen LogP contribution in [0.1, 0.15) is 43.8 Å². The molecule has 1 heterocycles. The predicted molar refractivity (Wildman–Crippen MR) is 79.2 cm³/mol. The number of aromatic amines is 1. The first-order valence-electron chi connectivity index (χ1n) is 7.01. The van der Waals surface area contributed by atoms with Crippen molar-refractivity contribution in [2.24, 2.45) is 0 Å². The summed E-state index contributed by atoms with van der Waals surface area (Å²) in [7, 11) is 1.95. The molecule has 102 valence electrons. The van der Waals surface area contributed by atoms with Gasteiger partial charge in [0.05, 0.1) is 5.41 Å². The van der Waals surface area contributed by atoms with Crippen LogP contribution in [-0.4, -0.2) is 17.0 Å². The molecule has 0 saturated heterocycles. The molecule has 0 unspecified atom stereocenters. The first-order valence-corrected chi connectivity index (χ1v) is 7.01. The Hall–Kier alpha value is -1.61. The van der Waals surface area contributed by atoms with Crippen LogP contribution < -0.4 is 5.32 Å². The van der Waals surface area contributed by atoms with Crippen molar-refractivity contribution in [1.29, 1.82) is 0 Å². The van der Waals surface area contributed by atoms with Crippen LogP contribution in [0.15, 0.2) is 36.5 Å². The molecular formula is C16H23N3. The molecule has 0 aliphatic heterocycles. The fourth-order valence-electron chi connectivity index (χ4n) is 2.77. The summed E-state index contributed by atoms with van der Waals surface area (Å²) < 4.78 is 0. The molecule has 2 rings (SSSR count). The minimum Gasteiger partial charge on any atom is -0.344 e. The Morgan fingerprint density at radius 2 is 1.84 bits per heavy atom. The second-order valence-corrected chi connectivity index (χ2v) is 4.94. The van der Waals surface area contributed by atoms with Crippen LogP contribution in [-0.2, 0) is 12.0 Å². The topological polar surface area (TPSA) is 40.7 Å². The molecule has 2 N–H and O–H groups in total. The molecule has 0 atom stereocenters. The first kappa shape index (κ1) is 13.8. The Labute approximate surface area is 115 Å². The lowest BCUT2D eigenvalue weighted by molar-refractivity contribution is 0.452. The number of nitrogens with zero attached hydrogens (tertiary/aromatic N) is 1. The molecule has 0 fully saturated rings. The minimum absolute atomic E-state index is 0.00670. The van der Waals surface area contributed by atoms with E-state index in [1.165, 1.54) is 5.56 Å². The van der Waals surface area contributed by atoms with Gasteiger partial charge in [0.15, 0.2) is 0 Å². The van der Waals surface area contributed by atoms with Crippen molar-refractivity contribution in [3.8, 4) is 0 Å². The van der Waals surface area contributed by atoms with Crippen molar-refractivity contribution in [3.05, 3.63) is 53.6 Å². The molecule has 0 aliphatic rings. The van der Waals surface area contributed by atoms with Crippen molar-refractivity contribution in [2.75, 3.05) is 7.05 Å². The Bertz CT molecular complexity index is 498. The fraction of sp³-hybridized carbons (Fsp3) is 0.438. The third-order valence-electron chi connectivity index (χ3n) is 3.98. The van der Waals surface area contributed by atoms with Gasteiger partial charge >= 0.3 is 0 Å². The zero-order chi connectivity index (χ0) is 13.7. The number of benzene rings is 1. The van der Waals surface area contributed by atoms with Gasteiger partial charge in [0.25, 0.3) is 0 Å². The largest absolute Gasteiger partial charge is 0.344 e. The summed E-state index contributed by atoms with van der Waals surface area (Å²) in [6.45, 7) is 5.29. The zero-order valence-electron chi connectivity index (χ0n) is 12.0. The van der Waals surface area contributed by atoms with Crippen molar-refractivity contribution >= 4 is 0 Å². The highest BCUT2D eigenvalue weighted by Gasteiger charge is 2.33. The SMILES string of the molecule is CCC(CC)(c1ccccc1)c1ncc(CNC)[nH]1. The number of nitrogens with one attached hydrogen (secondary N) is 2. The summed E-state index contributed by atoms with van der Waals surface area (Å²) in [6.07, 6.45) is 4.02. The smallest absolute Gasteiger partial charge is 0.116 e.